The van der Waals surface area contributed by atoms with Gasteiger partial charge in [0.1, 0.15) is 0 Å². The van der Waals surface area contributed by atoms with Crippen LogP contribution in [0.15, 0.2) is 36.0 Å². The molecule has 1 fully saturated rings. The van der Waals surface area contributed by atoms with Crippen molar-refractivity contribution in [1.82, 2.24) is 10.3 Å². The molecule has 0 radical (unpaired) electrons. The Morgan fingerprint density at radius 3 is 2.89 bits per heavy atom. The molecule has 1 aromatic heterocycles. The van der Waals surface area contributed by atoms with Gasteiger partial charge in [0.05, 0.1) is 5.51 Å². The van der Waals surface area contributed by atoms with Crippen molar-refractivity contribution in [3.05, 3.63) is 52.0 Å². The van der Waals surface area contributed by atoms with Gasteiger partial charge in [-0.05, 0) is 37.3 Å². The predicted octanol–water partition coefficient (Wildman–Crippen LogP) is 3.53. The molecule has 1 aromatic carbocycles. The highest BCUT2D eigenvalue weighted by Crippen LogP contribution is 2.26. The van der Waals surface area contributed by atoms with E-state index in [0.29, 0.717) is 5.92 Å². The van der Waals surface area contributed by atoms with E-state index in [1.807, 2.05) is 11.7 Å². The molecule has 1 unspecified atom stereocenters. The van der Waals surface area contributed by atoms with Crippen molar-refractivity contribution in [2.24, 2.45) is 0 Å². The summed E-state index contributed by atoms with van der Waals surface area (Å²) < 4.78 is 0. The van der Waals surface area contributed by atoms with Gasteiger partial charge in [0.15, 0.2) is 0 Å². The molecule has 0 bridgehead atoms. The molecule has 3 heteroatoms. The zero-order valence-corrected chi connectivity index (χ0v) is 12.1. The first-order chi connectivity index (χ1) is 9.33. The van der Waals surface area contributed by atoms with Crippen molar-refractivity contribution < 1.29 is 0 Å². The predicted molar refractivity (Wildman–Crippen MR) is 80.8 cm³/mol. The second-order valence-corrected chi connectivity index (χ2v) is 6.38. The van der Waals surface area contributed by atoms with Crippen molar-refractivity contribution in [2.45, 2.75) is 38.1 Å². The van der Waals surface area contributed by atoms with Gasteiger partial charge >= 0.3 is 0 Å². The zero-order chi connectivity index (χ0) is 13.1. The smallest absolute Gasteiger partial charge is 0.0794 e. The quantitative estimate of drug-likeness (QED) is 0.870. The van der Waals surface area contributed by atoms with Gasteiger partial charge in [-0.25, -0.2) is 0 Å². The summed E-state index contributed by atoms with van der Waals surface area (Å²) in [6.07, 6.45) is 5.80. The Labute approximate surface area is 118 Å². The summed E-state index contributed by atoms with van der Waals surface area (Å²) in [5, 5.41) is 3.68. The molecule has 0 spiro atoms. The third-order valence-corrected chi connectivity index (χ3v) is 4.59. The van der Waals surface area contributed by atoms with Crippen LogP contribution in [0, 0.1) is 6.92 Å². The van der Waals surface area contributed by atoms with E-state index >= 15 is 0 Å². The normalized spacial score (nSPS) is 16.5. The number of thiazole rings is 1. The summed E-state index contributed by atoms with van der Waals surface area (Å²) in [6.45, 7) is 3.29. The highest BCUT2D eigenvalue weighted by Gasteiger charge is 2.23. The number of hydrogen-bond donors (Lipinski definition) is 1. The maximum Gasteiger partial charge on any atom is 0.0794 e. The Bertz CT molecular complexity index is 517. The van der Waals surface area contributed by atoms with Crippen molar-refractivity contribution in [3.63, 3.8) is 0 Å². The number of aromatic nitrogens is 1. The van der Waals surface area contributed by atoms with Crippen molar-refractivity contribution in [1.29, 1.82) is 0 Å². The van der Waals surface area contributed by atoms with Gasteiger partial charge in [0.25, 0.3) is 0 Å². The monoisotopic (exact) mass is 272 g/mol. The van der Waals surface area contributed by atoms with Gasteiger partial charge in [0.2, 0.25) is 0 Å². The van der Waals surface area contributed by atoms with Crippen LogP contribution in [0.1, 0.15) is 34.8 Å². The van der Waals surface area contributed by atoms with E-state index in [9.17, 15) is 0 Å². The van der Waals surface area contributed by atoms with Crippen LogP contribution >= 0.6 is 11.3 Å². The van der Waals surface area contributed by atoms with Crippen LogP contribution in [-0.4, -0.2) is 17.6 Å². The summed E-state index contributed by atoms with van der Waals surface area (Å²) in [7, 11) is 0. The van der Waals surface area contributed by atoms with Crippen molar-refractivity contribution in [2.75, 3.05) is 6.54 Å². The zero-order valence-electron chi connectivity index (χ0n) is 11.3. The lowest BCUT2D eigenvalue weighted by atomic mass is 9.91. The Balaban J connectivity index is 1.76. The molecule has 2 aromatic rings. The fourth-order valence-corrected chi connectivity index (χ4v) is 3.20. The van der Waals surface area contributed by atoms with E-state index in [4.69, 9.17) is 0 Å². The highest BCUT2D eigenvalue weighted by molar-refractivity contribution is 7.09. The Kier molecular flexibility index (Phi) is 3.95. The lowest BCUT2D eigenvalue weighted by Gasteiger charge is -2.19. The van der Waals surface area contributed by atoms with Crippen LogP contribution in [-0.2, 0) is 6.42 Å². The third kappa shape index (κ3) is 3.43. The molecule has 19 heavy (non-hydrogen) atoms. The van der Waals surface area contributed by atoms with Crippen molar-refractivity contribution in [3.8, 4) is 0 Å². The molecule has 0 saturated heterocycles. The van der Waals surface area contributed by atoms with E-state index in [-0.39, 0.29) is 0 Å². The molecule has 1 saturated carbocycles. The maximum atomic E-state index is 4.20. The fourth-order valence-electron chi connectivity index (χ4n) is 2.52. The van der Waals surface area contributed by atoms with E-state index < -0.39 is 0 Å². The first-order valence-electron chi connectivity index (χ1n) is 6.99. The van der Waals surface area contributed by atoms with Crippen molar-refractivity contribution >= 4 is 11.3 Å². The molecule has 0 amide bonds. The topological polar surface area (TPSA) is 24.9 Å². The van der Waals surface area contributed by atoms with E-state index in [2.05, 4.69) is 41.5 Å². The van der Waals surface area contributed by atoms with Gasteiger partial charge in [-0.2, -0.15) is 0 Å². The Hall–Kier alpha value is -1.19. The molecule has 0 aliphatic heterocycles. The largest absolute Gasteiger partial charge is 0.313 e. The van der Waals surface area contributed by atoms with Gasteiger partial charge in [-0.1, -0.05) is 24.3 Å². The minimum atomic E-state index is 0.558. The molecule has 1 heterocycles. The molecular formula is C16H20N2S. The van der Waals surface area contributed by atoms with Gasteiger partial charge in [0, 0.05) is 29.6 Å². The molecule has 1 aliphatic carbocycles. The lowest BCUT2D eigenvalue weighted by molar-refractivity contribution is 0.577. The van der Waals surface area contributed by atoms with E-state index in [0.717, 1.165) is 19.0 Å². The lowest BCUT2D eigenvalue weighted by Crippen LogP contribution is -2.25. The average molecular weight is 272 g/mol. The fraction of sp³-hybridized carbons (Fsp3) is 0.438. The molecule has 100 valence electrons. The van der Waals surface area contributed by atoms with Crippen LogP contribution in [0.4, 0.5) is 0 Å². The van der Waals surface area contributed by atoms with Gasteiger partial charge in [-0.3, -0.25) is 4.98 Å². The summed E-state index contributed by atoms with van der Waals surface area (Å²) in [5.74, 6) is 0.558. The number of hydrogen-bond acceptors (Lipinski definition) is 3. The van der Waals surface area contributed by atoms with E-state index in [1.165, 1.54) is 28.8 Å². The molecule has 1 atom stereocenters. The standard InChI is InChI=1S/C16H20N2S/c1-12-4-2-3-5-16(12)13(9-18-14-6-7-14)8-15-10-17-11-19-15/h2-5,10-11,13-14,18H,6-9H2,1H3. The maximum absolute atomic E-state index is 4.20. The van der Waals surface area contributed by atoms with Gasteiger partial charge in [-0.15, -0.1) is 11.3 Å². The van der Waals surface area contributed by atoms with E-state index in [1.54, 1.807) is 11.3 Å². The number of nitrogens with zero attached hydrogens (tertiary/aromatic N) is 1. The van der Waals surface area contributed by atoms with Crippen LogP contribution in [0.25, 0.3) is 0 Å². The summed E-state index contributed by atoms with van der Waals surface area (Å²) in [6, 6.07) is 9.53. The molecule has 2 nitrogen and oxygen atoms in total. The second-order valence-electron chi connectivity index (χ2n) is 5.41. The second kappa shape index (κ2) is 5.85. The first kappa shape index (κ1) is 12.8. The summed E-state index contributed by atoms with van der Waals surface area (Å²) in [4.78, 5) is 5.58. The van der Waals surface area contributed by atoms with Crippen LogP contribution in [0.2, 0.25) is 0 Å². The highest BCUT2D eigenvalue weighted by atomic mass is 32.1. The third-order valence-electron chi connectivity index (χ3n) is 3.79. The summed E-state index contributed by atoms with van der Waals surface area (Å²) in [5.41, 5.74) is 4.80. The first-order valence-corrected chi connectivity index (χ1v) is 7.87. The average Bonchev–Trinajstić information content (AvgIpc) is 3.11. The molecular weight excluding hydrogens is 252 g/mol. The molecule has 3 rings (SSSR count). The number of aryl methyl sites for hydroxylation is 1. The number of nitrogens with one attached hydrogen (secondary N) is 1. The SMILES string of the molecule is Cc1ccccc1C(CNC1CC1)Cc1cncs1. The minimum absolute atomic E-state index is 0.558. The summed E-state index contributed by atoms with van der Waals surface area (Å²) >= 11 is 1.76. The number of rotatable bonds is 6. The molecule has 1 aliphatic rings. The minimum Gasteiger partial charge on any atom is -0.313 e. The Morgan fingerprint density at radius 2 is 2.21 bits per heavy atom. The van der Waals surface area contributed by atoms with Gasteiger partial charge < -0.3 is 5.32 Å². The number of benzene rings is 1. The Morgan fingerprint density at radius 1 is 1.37 bits per heavy atom. The molecule has 1 N–H and O–H groups in total. The van der Waals surface area contributed by atoms with Crippen LogP contribution in [0.5, 0.6) is 0 Å². The van der Waals surface area contributed by atoms with Crippen LogP contribution in [0.3, 0.4) is 0 Å². The van der Waals surface area contributed by atoms with Crippen LogP contribution < -0.4 is 5.32 Å².